The molecule has 0 radical (unpaired) electrons. The van der Waals surface area contributed by atoms with Crippen LogP contribution in [0, 0.1) is 5.92 Å². The van der Waals surface area contributed by atoms with Crippen molar-refractivity contribution in [2.75, 3.05) is 37.7 Å². The Morgan fingerprint density at radius 3 is 2.45 bits per heavy atom. The van der Waals surface area contributed by atoms with Gasteiger partial charge in [0.25, 0.3) is 0 Å². The van der Waals surface area contributed by atoms with Gasteiger partial charge in [-0.25, -0.2) is 0 Å². The van der Waals surface area contributed by atoms with Crippen molar-refractivity contribution in [3.8, 4) is 0 Å². The van der Waals surface area contributed by atoms with E-state index in [1.165, 1.54) is 37.4 Å². The Hall–Kier alpha value is 0.550. The molecule has 1 N–H and O–H groups in total. The summed E-state index contributed by atoms with van der Waals surface area (Å²) in [6.45, 7) is 4.73. The SMILES string of the molecule is Cl.Cl.c1cc(C(C2CCSCC2)N2CCNCC2)cs1. The van der Waals surface area contributed by atoms with Gasteiger partial charge in [0.15, 0.2) is 0 Å². The first kappa shape index (κ1) is 18.6. The summed E-state index contributed by atoms with van der Waals surface area (Å²) in [6, 6.07) is 3.03. The summed E-state index contributed by atoms with van der Waals surface area (Å²) in [7, 11) is 0. The zero-order valence-electron chi connectivity index (χ0n) is 11.6. The molecule has 1 unspecified atom stereocenters. The topological polar surface area (TPSA) is 15.3 Å². The Morgan fingerprint density at radius 2 is 1.85 bits per heavy atom. The van der Waals surface area contributed by atoms with Gasteiger partial charge in [0.05, 0.1) is 0 Å². The number of rotatable bonds is 3. The fourth-order valence-electron chi connectivity index (χ4n) is 3.22. The van der Waals surface area contributed by atoms with E-state index in [9.17, 15) is 0 Å². The Balaban J connectivity index is 0.000001000. The van der Waals surface area contributed by atoms with Crippen molar-refractivity contribution in [3.05, 3.63) is 22.4 Å². The minimum Gasteiger partial charge on any atom is -0.314 e. The molecule has 20 heavy (non-hydrogen) atoms. The standard InChI is InChI=1S/C14H22N2S2.2ClH/c1-8-17-9-2-12(1)14(13-3-10-18-11-13)16-6-4-15-5-7-16;;/h3,10-12,14-15H,1-2,4-9H2;2*1H. The third-order valence-electron chi connectivity index (χ3n) is 4.14. The van der Waals surface area contributed by atoms with E-state index in [1.807, 2.05) is 11.3 Å². The van der Waals surface area contributed by atoms with Crippen LogP contribution in [0.5, 0.6) is 0 Å². The van der Waals surface area contributed by atoms with Gasteiger partial charge in [0.2, 0.25) is 0 Å². The van der Waals surface area contributed by atoms with Crippen LogP contribution in [0.15, 0.2) is 16.8 Å². The predicted octanol–water partition coefficient (Wildman–Crippen LogP) is 3.68. The molecule has 3 heterocycles. The lowest BCUT2D eigenvalue weighted by atomic mass is 9.88. The molecular formula is C14H24Cl2N2S2. The molecule has 2 aliphatic rings. The molecule has 2 aliphatic heterocycles. The second kappa shape index (κ2) is 9.54. The normalized spacial score (nSPS) is 22.6. The second-order valence-electron chi connectivity index (χ2n) is 5.24. The summed E-state index contributed by atoms with van der Waals surface area (Å²) in [5, 5.41) is 8.08. The van der Waals surface area contributed by atoms with Gasteiger partial charge in [-0.15, -0.1) is 24.8 Å². The van der Waals surface area contributed by atoms with Gasteiger partial charge in [-0.3, -0.25) is 4.90 Å². The summed E-state index contributed by atoms with van der Waals surface area (Å²) >= 11 is 3.98. The smallest absolute Gasteiger partial charge is 0.0386 e. The van der Waals surface area contributed by atoms with Crippen molar-refractivity contribution in [1.29, 1.82) is 0 Å². The van der Waals surface area contributed by atoms with Crippen molar-refractivity contribution in [2.24, 2.45) is 5.92 Å². The fraction of sp³-hybridized carbons (Fsp3) is 0.714. The minimum absolute atomic E-state index is 0. The highest BCUT2D eigenvalue weighted by Gasteiger charge is 2.31. The summed E-state index contributed by atoms with van der Waals surface area (Å²) in [5.41, 5.74) is 1.57. The summed E-state index contributed by atoms with van der Waals surface area (Å²) < 4.78 is 0. The molecule has 0 aliphatic carbocycles. The predicted molar refractivity (Wildman–Crippen MR) is 96.0 cm³/mol. The molecular weight excluding hydrogens is 331 g/mol. The molecule has 0 bridgehead atoms. The fourth-order valence-corrected chi connectivity index (χ4v) is 5.05. The van der Waals surface area contributed by atoms with Gasteiger partial charge >= 0.3 is 0 Å². The minimum atomic E-state index is 0. The Bertz CT molecular complexity index is 332. The van der Waals surface area contributed by atoms with E-state index in [0.717, 1.165) is 19.0 Å². The van der Waals surface area contributed by atoms with E-state index < -0.39 is 0 Å². The number of hydrogen-bond donors (Lipinski definition) is 1. The summed E-state index contributed by atoms with van der Waals surface area (Å²) in [5.74, 6) is 3.59. The third kappa shape index (κ3) is 4.52. The lowest BCUT2D eigenvalue weighted by molar-refractivity contribution is 0.119. The largest absolute Gasteiger partial charge is 0.314 e. The third-order valence-corrected chi connectivity index (χ3v) is 5.89. The molecule has 1 aromatic heterocycles. The van der Waals surface area contributed by atoms with Crippen molar-refractivity contribution in [3.63, 3.8) is 0 Å². The molecule has 116 valence electrons. The van der Waals surface area contributed by atoms with Crippen LogP contribution in [-0.4, -0.2) is 42.6 Å². The molecule has 1 atom stereocenters. The zero-order valence-corrected chi connectivity index (χ0v) is 14.9. The van der Waals surface area contributed by atoms with Crippen LogP contribution >= 0.6 is 47.9 Å². The van der Waals surface area contributed by atoms with Crippen molar-refractivity contribution >= 4 is 47.9 Å². The molecule has 1 aromatic rings. The first-order valence-electron chi connectivity index (χ1n) is 7.00. The van der Waals surface area contributed by atoms with Crippen LogP contribution in [0.25, 0.3) is 0 Å². The van der Waals surface area contributed by atoms with E-state index in [2.05, 4.69) is 38.8 Å². The second-order valence-corrected chi connectivity index (χ2v) is 7.24. The number of thiophene rings is 1. The lowest BCUT2D eigenvalue weighted by Crippen LogP contribution is -2.47. The molecule has 0 aromatic carbocycles. The Kier molecular flexibility index (Phi) is 8.87. The maximum atomic E-state index is 3.47. The van der Waals surface area contributed by atoms with Gasteiger partial charge in [-0.1, -0.05) is 0 Å². The maximum Gasteiger partial charge on any atom is 0.0386 e. The van der Waals surface area contributed by atoms with Crippen LogP contribution in [0.4, 0.5) is 0 Å². The highest BCUT2D eigenvalue weighted by Crippen LogP contribution is 2.38. The summed E-state index contributed by atoms with van der Waals surface area (Å²) in [4.78, 5) is 2.72. The molecule has 2 nitrogen and oxygen atoms in total. The zero-order chi connectivity index (χ0) is 12.2. The van der Waals surface area contributed by atoms with Crippen LogP contribution in [-0.2, 0) is 0 Å². The average molecular weight is 355 g/mol. The van der Waals surface area contributed by atoms with Crippen molar-refractivity contribution in [1.82, 2.24) is 10.2 Å². The van der Waals surface area contributed by atoms with Gasteiger partial charge < -0.3 is 5.32 Å². The van der Waals surface area contributed by atoms with Gasteiger partial charge in [-0.05, 0) is 52.7 Å². The van der Waals surface area contributed by atoms with Crippen LogP contribution in [0.3, 0.4) is 0 Å². The molecule has 0 saturated carbocycles. The van der Waals surface area contributed by atoms with Crippen LogP contribution < -0.4 is 5.32 Å². The molecule has 2 fully saturated rings. The number of halogens is 2. The van der Waals surface area contributed by atoms with Crippen LogP contribution in [0.2, 0.25) is 0 Å². The van der Waals surface area contributed by atoms with Crippen molar-refractivity contribution < 1.29 is 0 Å². The number of nitrogens with zero attached hydrogens (tertiary/aromatic N) is 1. The molecule has 6 heteroatoms. The van der Waals surface area contributed by atoms with Gasteiger partial charge in [-0.2, -0.15) is 23.1 Å². The van der Waals surface area contributed by atoms with E-state index in [0.29, 0.717) is 6.04 Å². The monoisotopic (exact) mass is 354 g/mol. The quantitative estimate of drug-likeness (QED) is 0.890. The van der Waals surface area contributed by atoms with E-state index >= 15 is 0 Å². The van der Waals surface area contributed by atoms with E-state index in [1.54, 1.807) is 5.56 Å². The lowest BCUT2D eigenvalue weighted by Gasteiger charge is -2.40. The Morgan fingerprint density at radius 1 is 1.15 bits per heavy atom. The molecule has 3 rings (SSSR count). The Labute approximate surface area is 142 Å². The van der Waals surface area contributed by atoms with Gasteiger partial charge in [0, 0.05) is 32.2 Å². The van der Waals surface area contributed by atoms with Gasteiger partial charge in [0.1, 0.15) is 0 Å². The average Bonchev–Trinajstić information content (AvgIpc) is 2.95. The molecule has 0 spiro atoms. The number of hydrogen-bond acceptors (Lipinski definition) is 4. The van der Waals surface area contributed by atoms with E-state index in [-0.39, 0.29) is 24.8 Å². The summed E-state index contributed by atoms with van der Waals surface area (Å²) in [6.07, 6.45) is 2.80. The number of nitrogens with one attached hydrogen (secondary N) is 1. The first-order valence-corrected chi connectivity index (χ1v) is 9.09. The van der Waals surface area contributed by atoms with Crippen molar-refractivity contribution in [2.45, 2.75) is 18.9 Å². The van der Waals surface area contributed by atoms with Crippen LogP contribution in [0.1, 0.15) is 24.4 Å². The molecule has 2 saturated heterocycles. The number of piperazine rings is 1. The molecule has 0 amide bonds. The first-order chi connectivity index (χ1) is 8.95. The number of thioether (sulfide) groups is 1. The highest BCUT2D eigenvalue weighted by molar-refractivity contribution is 7.99. The maximum absolute atomic E-state index is 3.47. The highest BCUT2D eigenvalue weighted by atomic mass is 35.5. The van der Waals surface area contributed by atoms with E-state index in [4.69, 9.17) is 0 Å².